The molecule has 1 aliphatic heterocycles. The summed E-state index contributed by atoms with van der Waals surface area (Å²) in [5.74, 6) is 0. The average molecular weight is 400 g/mol. The zero-order chi connectivity index (χ0) is 20.1. The van der Waals surface area contributed by atoms with Gasteiger partial charge in [0.25, 0.3) is 0 Å². The first kappa shape index (κ1) is 19.2. The van der Waals surface area contributed by atoms with E-state index in [9.17, 15) is 9.90 Å². The standard InChI is InChI=1S/C22H26ClN3O2/c1-15-13-22(28,17-5-7-18(23)8-6-17)10-11-26(15)14-16-4-9-19-20(12-16)25(3)21(27)24(19)2/h4-9,12,15,28H,10-11,13-14H2,1-3H3/t15-,22-/m0/s1. The Morgan fingerprint density at radius 3 is 2.46 bits per heavy atom. The van der Waals surface area contributed by atoms with Crippen LogP contribution in [0.25, 0.3) is 11.0 Å². The van der Waals surface area contributed by atoms with E-state index in [0.29, 0.717) is 17.9 Å². The average Bonchev–Trinajstić information content (AvgIpc) is 2.89. The molecule has 2 aromatic carbocycles. The van der Waals surface area contributed by atoms with Crippen LogP contribution in [0.4, 0.5) is 0 Å². The van der Waals surface area contributed by atoms with Crippen LogP contribution in [0, 0.1) is 0 Å². The molecule has 28 heavy (non-hydrogen) atoms. The van der Waals surface area contributed by atoms with E-state index in [2.05, 4.69) is 24.0 Å². The van der Waals surface area contributed by atoms with Crippen molar-refractivity contribution >= 4 is 22.6 Å². The molecule has 0 bridgehead atoms. The second-order valence-electron chi connectivity index (χ2n) is 8.04. The normalized spacial score (nSPS) is 23.4. The second kappa shape index (κ2) is 7.07. The van der Waals surface area contributed by atoms with Crippen LogP contribution in [0.1, 0.15) is 30.9 Å². The van der Waals surface area contributed by atoms with Gasteiger partial charge in [-0.1, -0.05) is 29.8 Å². The van der Waals surface area contributed by atoms with Gasteiger partial charge in [-0.3, -0.25) is 14.0 Å². The third-order valence-electron chi connectivity index (χ3n) is 6.17. The van der Waals surface area contributed by atoms with Crippen LogP contribution >= 0.6 is 11.6 Å². The maximum absolute atomic E-state index is 12.1. The van der Waals surface area contributed by atoms with E-state index in [1.54, 1.807) is 16.2 Å². The van der Waals surface area contributed by atoms with Crippen molar-refractivity contribution in [3.63, 3.8) is 0 Å². The monoisotopic (exact) mass is 399 g/mol. The molecule has 4 rings (SSSR count). The smallest absolute Gasteiger partial charge is 0.328 e. The van der Waals surface area contributed by atoms with E-state index in [1.807, 2.05) is 37.4 Å². The number of aliphatic hydroxyl groups is 1. The van der Waals surface area contributed by atoms with E-state index in [4.69, 9.17) is 11.6 Å². The first-order chi connectivity index (χ1) is 13.3. The number of aromatic nitrogens is 2. The highest BCUT2D eigenvalue weighted by molar-refractivity contribution is 6.30. The van der Waals surface area contributed by atoms with Gasteiger partial charge in [0.1, 0.15) is 0 Å². The molecule has 0 spiro atoms. The van der Waals surface area contributed by atoms with Crippen LogP contribution in [-0.2, 0) is 26.2 Å². The quantitative estimate of drug-likeness (QED) is 0.734. The van der Waals surface area contributed by atoms with Gasteiger partial charge in [0, 0.05) is 38.2 Å². The maximum atomic E-state index is 12.1. The third kappa shape index (κ3) is 3.28. The van der Waals surface area contributed by atoms with Gasteiger partial charge in [-0.2, -0.15) is 0 Å². The van der Waals surface area contributed by atoms with Gasteiger partial charge in [-0.25, -0.2) is 4.79 Å². The summed E-state index contributed by atoms with van der Waals surface area (Å²) in [6.45, 7) is 3.78. The summed E-state index contributed by atoms with van der Waals surface area (Å²) in [5.41, 5.74) is 3.19. The number of hydrogen-bond donors (Lipinski definition) is 1. The minimum absolute atomic E-state index is 0.00785. The highest BCUT2D eigenvalue weighted by Crippen LogP contribution is 2.36. The minimum atomic E-state index is -0.812. The van der Waals surface area contributed by atoms with Crippen molar-refractivity contribution < 1.29 is 5.11 Å². The van der Waals surface area contributed by atoms with E-state index in [0.717, 1.165) is 29.7 Å². The first-order valence-electron chi connectivity index (χ1n) is 9.65. The lowest BCUT2D eigenvalue weighted by molar-refractivity contribution is -0.0502. The molecule has 1 aromatic heterocycles. The largest absolute Gasteiger partial charge is 0.385 e. The topological polar surface area (TPSA) is 50.4 Å². The molecule has 2 heterocycles. The fourth-order valence-electron chi connectivity index (χ4n) is 4.41. The number of imidazole rings is 1. The Balaban J connectivity index is 1.53. The van der Waals surface area contributed by atoms with Gasteiger partial charge in [0.05, 0.1) is 16.6 Å². The Hall–Kier alpha value is -2.08. The van der Waals surface area contributed by atoms with Gasteiger partial charge in [-0.15, -0.1) is 0 Å². The van der Waals surface area contributed by atoms with Gasteiger partial charge in [0.15, 0.2) is 0 Å². The second-order valence-corrected chi connectivity index (χ2v) is 8.47. The van der Waals surface area contributed by atoms with Gasteiger partial charge in [0.2, 0.25) is 0 Å². The number of halogens is 1. The SMILES string of the molecule is C[C@H]1C[C@](O)(c2ccc(Cl)cc2)CCN1Cc1ccc2c(c1)n(C)c(=O)n2C. The van der Waals surface area contributed by atoms with Crippen molar-refractivity contribution in [2.45, 2.75) is 38.0 Å². The number of nitrogens with zero attached hydrogens (tertiary/aromatic N) is 3. The summed E-state index contributed by atoms with van der Waals surface area (Å²) in [6.07, 6.45) is 1.37. The summed E-state index contributed by atoms with van der Waals surface area (Å²) in [5, 5.41) is 11.9. The Morgan fingerprint density at radius 1 is 1.11 bits per heavy atom. The van der Waals surface area contributed by atoms with E-state index in [1.165, 1.54) is 5.56 Å². The van der Waals surface area contributed by atoms with E-state index >= 15 is 0 Å². The summed E-state index contributed by atoms with van der Waals surface area (Å²) < 4.78 is 3.37. The van der Waals surface area contributed by atoms with Crippen LogP contribution in [-0.4, -0.2) is 31.7 Å². The van der Waals surface area contributed by atoms with Crippen LogP contribution in [0.5, 0.6) is 0 Å². The highest BCUT2D eigenvalue weighted by Gasteiger charge is 2.37. The summed E-state index contributed by atoms with van der Waals surface area (Å²) in [4.78, 5) is 14.5. The number of fused-ring (bicyclic) bond motifs is 1. The number of piperidine rings is 1. The lowest BCUT2D eigenvalue weighted by Crippen LogP contribution is -2.47. The summed E-state index contributed by atoms with van der Waals surface area (Å²) >= 11 is 5.99. The van der Waals surface area contributed by atoms with Crippen LogP contribution in [0.15, 0.2) is 47.3 Å². The molecule has 0 amide bonds. The van der Waals surface area contributed by atoms with Gasteiger partial charge in [-0.05, 0) is 55.2 Å². The molecule has 1 aliphatic rings. The lowest BCUT2D eigenvalue weighted by Gasteiger charge is -2.43. The molecule has 1 fully saturated rings. The molecule has 148 valence electrons. The molecule has 0 unspecified atom stereocenters. The van der Waals surface area contributed by atoms with E-state index in [-0.39, 0.29) is 11.7 Å². The molecule has 2 atom stereocenters. The highest BCUT2D eigenvalue weighted by atomic mass is 35.5. The van der Waals surface area contributed by atoms with Crippen molar-refractivity contribution in [1.29, 1.82) is 0 Å². The molecule has 0 saturated carbocycles. The van der Waals surface area contributed by atoms with Crippen LogP contribution < -0.4 is 5.69 Å². The Labute approximate surface area is 169 Å². The zero-order valence-corrected chi connectivity index (χ0v) is 17.3. The number of benzene rings is 2. The predicted octanol–water partition coefficient (Wildman–Crippen LogP) is 3.40. The molecule has 0 radical (unpaired) electrons. The van der Waals surface area contributed by atoms with Gasteiger partial charge >= 0.3 is 5.69 Å². The molecule has 1 N–H and O–H groups in total. The molecular weight excluding hydrogens is 374 g/mol. The third-order valence-corrected chi connectivity index (χ3v) is 6.42. The Bertz CT molecular complexity index is 1070. The molecular formula is C22H26ClN3O2. The minimum Gasteiger partial charge on any atom is -0.385 e. The molecule has 6 heteroatoms. The Morgan fingerprint density at radius 2 is 1.79 bits per heavy atom. The van der Waals surface area contributed by atoms with Crippen molar-refractivity contribution in [3.05, 3.63) is 69.1 Å². The Kier molecular flexibility index (Phi) is 4.86. The first-order valence-corrected chi connectivity index (χ1v) is 10.0. The number of rotatable bonds is 3. The van der Waals surface area contributed by atoms with Crippen molar-refractivity contribution in [3.8, 4) is 0 Å². The number of hydrogen-bond acceptors (Lipinski definition) is 3. The maximum Gasteiger partial charge on any atom is 0.328 e. The molecule has 3 aromatic rings. The van der Waals surface area contributed by atoms with Crippen LogP contribution in [0.2, 0.25) is 5.02 Å². The fraction of sp³-hybridized carbons (Fsp3) is 0.409. The van der Waals surface area contributed by atoms with Crippen molar-refractivity contribution in [2.75, 3.05) is 6.54 Å². The zero-order valence-electron chi connectivity index (χ0n) is 16.5. The molecule has 5 nitrogen and oxygen atoms in total. The summed E-state index contributed by atoms with van der Waals surface area (Å²) in [7, 11) is 3.61. The van der Waals surface area contributed by atoms with Gasteiger partial charge < -0.3 is 5.11 Å². The molecule has 0 aliphatic carbocycles. The van der Waals surface area contributed by atoms with Crippen molar-refractivity contribution in [2.24, 2.45) is 14.1 Å². The predicted molar refractivity (Wildman–Crippen MR) is 113 cm³/mol. The lowest BCUT2D eigenvalue weighted by atomic mass is 9.81. The van der Waals surface area contributed by atoms with E-state index < -0.39 is 5.60 Å². The molecule has 1 saturated heterocycles. The number of aryl methyl sites for hydroxylation is 2. The summed E-state index contributed by atoms with van der Waals surface area (Å²) in [6, 6.07) is 14.0. The van der Waals surface area contributed by atoms with Crippen molar-refractivity contribution in [1.82, 2.24) is 14.0 Å². The fourth-order valence-corrected chi connectivity index (χ4v) is 4.54. The number of likely N-dealkylation sites (tertiary alicyclic amines) is 1. The van der Waals surface area contributed by atoms with Crippen LogP contribution in [0.3, 0.4) is 0 Å².